The first-order valence-electron chi connectivity index (χ1n) is 9.18. The number of para-hydroxylation sites is 2. The van der Waals surface area contributed by atoms with Gasteiger partial charge in [0.2, 0.25) is 0 Å². The van der Waals surface area contributed by atoms with E-state index in [-0.39, 0.29) is 23.7 Å². The molecule has 1 saturated carbocycles. The van der Waals surface area contributed by atoms with Gasteiger partial charge in [-0.05, 0) is 36.0 Å². The van der Waals surface area contributed by atoms with Crippen molar-refractivity contribution in [1.29, 1.82) is 0 Å². The van der Waals surface area contributed by atoms with E-state index in [1.54, 1.807) is 12.1 Å². The second kappa shape index (κ2) is 8.48. The van der Waals surface area contributed by atoms with Gasteiger partial charge in [-0.3, -0.25) is 4.79 Å². The molecule has 6 heteroatoms. The van der Waals surface area contributed by atoms with Gasteiger partial charge in [0.05, 0.1) is 5.92 Å². The van der Waals surface area contributed by atoms with Gasteiger partial charge in [-0.15, -0.1) is 6.42 Å². The summed E-state index contributed by atoms with van der Waals surface area (Å²) in [5, 5.41) is 0. The number of benzene rings is 2. The van der Waals surface area contributed by atoms with Crippen LogP contribution in [0.25, 0.3) is 0 Å². The molecular formula is C23H21Cl3O3. The highest BCUT2D eigenvalue weighted by atomic mass is 35.6. The molecule has 0 N–H and O–H groups in total. The van der Waals surface area contributed by atoms with Gasteiger partial charge < -0.3 is 9.47 Å². The molecule has 0 spiro atoms. The minimum absolute atomic E-state index is 0.0864. The van der Waals surface area contributed by atoms with Crippen LogP contribution in [0.2, 0.25) is 0 Å². The van der Waals surface area contributed by atoms with Gasteiger partial charge in [0.15, 0.2) is 9.90 Å². The highest BCUT2D eigenvalue weighted by Crippen LogP contribution is 2.63. The van der Waals surface area contributed by atoms with Gasteiger partial charge in [-0.2, -0.15) is 0 Å². The van der Waals surface area contributed by atoms with Crippen LogP contribution in [0.5, 0.6) is 11.5 Å². The van der Waals surface area contributed by atoms with Crippen LogP contribution in [0.4, 0.5) is 0 Å². The van der Waals surface area contributed by atoms with Crippen molar-refractivity contribution in [2.75, 3.05) is 0 Å². The Morgan fingerprint density at radius 3 is 2.38 bits per heavy atom. The summed E-state index contributed by atoms with van der Waals surface area (Å²) in [4.78, 5) is 12.8. The molecule has 1 fully saturated rings. The summed E-state index contributed by atoms with van der Waals surface area (Å²) < 4.78 is 10.2. The zero-order chi connectivity index (χ0) is 21.2. The fourth-order valence-electron chi connectivity index (χ4n) is 3.62. The van der Waals surface area contributed by atoms with Crippen molar-refractivity contribution in [2.45, 2.75) is 30.2 Å². The number of carbonyl (C=O) groups is 1. The highest BCUT2D eigenvalue weighted by molar-refractivity contribution is 6.67. The van der Waals surface area contributed by atoms with Crippen molar-refractivity contribution in [3.05, 3.63) is 60.2 Å². The number of rotatable bonds is 6. The molecule has 2 aromatic rings. The molecule has 1 aliphatic rings. The molecule has 0 heterocycles. The second-order valence-electron chi connectivity index (χ2n) is 7.66. The van der Waals surface area contributed by atoms with E-state index in [4.69, 9.17) is 50.7 Å². The predicted molar refractivity (Wildman–Crippen MR) is 116 cm³/mol. The first-order valence-corrected chi connectivity index (χ1v) is 10.3. The summed E-state index contributed by atoms with van der Waals surface area (Å²) in [5.41, 5.74) is 0.281. The van der Waals surface area contributed by atoms with E-state index in [0.29, 0.717) is 17.1 Å². The highest BCUT2D eigenvalue weighted by Gasteiger charge is 2.64. The number of terminal acetylenes is 1. The van der Waals surface area contributed by atoms with E-state index in [0.717, 1.165) is 0 Å². The first kappa shape index (κ1) is 21.8. The van der Waals surface area contributed by atoms with Crippen molar-refractivity contribution in [1.82, 2.24) is 0 Å². The van der Waals surface area contributed by atoms with Crippen molar-refractivity contribution in [3.63, 3.8) is 0 Å². The van der Waals surface area contributed by atoms with E-state index in [9.17, 15) is 4.79 Å². The molecular weight excluding hydrogens is 431 g/mol. The normalized spacial score (nSPS) is 21.0. The van der Waals surface area contributed by atoms with E-state index in [2.05, 4.69) is 5.92 Å². The Morgan fingerprint density at radius 1 is 1.14 bits per heavy atom. The number of halogens is 3. The Labute approximate surface area is 186 Å². The van der Waals surface area contributed by atoms with Gasteiger partial charge in [0, 0.05) is 5.56 Å². The fourth-order valence-corrected chi connectivity index (χ4v) is 4.12. The molecule has 3 atom stereocenters. The smallest absolute Gasteiger partial charge is 0.311 e. The van der Waals surface area contributed by atoms with E-state index < -0.39 is 15.9 Å². The minimum atomic E-state index is -1.42. The lowest BCUT2D eigenvalue weighted by Crippen LogP contribution is -2.15. The van der Waals surface area contributed by atoms with Crippen LogP contribution in [-0.2, 0) is 9.53 Å². The molecule has 0 aromatic heterocycles. The lowest BCUT2D eigenvalue weighted by atomic mass is 10.1. The second-order valence-corrected chi connectivity index (χ2v) is 10.2. The van der Waals surface area contributed by atoms with E-state index >= 15 is 0 Å². The Balaban J connectivity index is 1.76. The Hall–Kier alpha value is -1.86. The number of hydrogen-bond acceptors (Lipinski definition) is 3. The van der Waals surface area contributed by atoms with E-state index in [1.165, 1.54) is 0 Å². The average molecular weight is 452 g/mol. The van der Waals surface area contributed by atoms with Crippen LogP contribution in [0.15, 0.2) is 54.6 Å². The van der Waals surface area contributed by atoms with Crippen molar-refractivity contribution >= 4 is 40.8 Å². The number of carbonyl (C=O) groups excluding carboxylic acids is 1. The number of esters is 1. The minimum Gasteiger partial charge on any atom is -0.457 e. The predicted octanol–water partition coefficient (Wildman–Crippen LogP) is 6.73. The maximum Gasteiger partial charge on any atom is 0.311 e. The molecule has 3 rings (SSSR count). The van der Waals surface area contributed by atoms with Crippen LogP contribution in [0.3, 0.4) is 0 Å². The molecule has 0 saturated heterocycles. The SMILES string of the molecule is C#CC(OC(=O)C1C(CC(Cl)(Cl)Cl)C1(C)C)c1ccccc1Oc1ccccc1. The maximum absolute atomic E-state index is 12.8. The van der Waals surface area contributed by atoms with Crippen LogP contribution in [-0.4, -0.2) is 9.76 Å². The van der Waals surface area contributed by atoms with Gasteiger partial charge in [0.1, 0.15) is 11.5 Å². The Morgan fingerprint density at radius 2 is 1.76 bits per heavy atom. The molecule has 3 nitrogen and oxygen atoms in total. The fraction of sp³-hybridized carbons (Fsp3) is 0.348. The van der Waals surface area contributed by atoms with Crippen LogP contribution < -0.4 is 4.74 Å². The summed E-state index contributed by atoms with van der Waals surface area (Å²) in [5.74, 6) is 2.88. The molecule has 152 valence electrons. The summed E-state index contributed by atoms with van der Waals surface area (Å²) in [6, 6.07) is 16.5. The number of alkyl halides is 3. The van der Waals surface area contributed by atoms with Crippen LogP contribution >= 0.6 is 34.8 Å². The molecule has 2 aromatic carbocycles. The van der Waals surface area contributed by atoms with Crippen LogP contribution in [0, 0.1) is 29.6 Å². The van der Waals surface area contributed by atoms with Crippen LogP contribution in [0.1, 0.15) is 31.9 Å². The molecule has 0 amide bonds. The third-order valence-electron chi connectivity index (χ3n) is 5.31. The zero-order valence-electron chi connectivity index (χ0n) is 16.1. The van der Waals surface area contributed by atoms with Crippen molar-refractivity contribution in [3.8, 4) is 23.8 Å². The zero-order valence-corrected chi connectivity index (χ0v) is 18.3. The van der Waals surface area contributed by atoms with E-state index in [1.807, 2.05) is 56.3 Å². The summed E-state index contributed by atoms with van der Waals surface area (Å²) in [6.07, 6.45) is 5.09. The molecule has 3 unspecified atom stereocenters. The summed E-state index contributed by atoms with van der Waals surface area (Å²) in [7, 11) is 0. The quantitative estimate of drug-likeness (QED) is 0.277. The molecule has 0 bridgehead atoms. The Kier molecular flexibility index (Phi) is 6.39. The van der Waals surface area contributed by atoms with Crippen molar-refractivity contribution in [2.24, 2.45) is 17.3 Å². The molecule has 29 heavy (non-hydrogen) atoms. The van der Waals surface area contributed by atoms with Gasteiger partial charge in [0.25, 0.3) is 0 Å². The molecule has 0 aliphatic heterocycles. The Bertz CT molecular complexity index is 913. The summed E-state index contributed by atoms with van der Waals surface area (Å²) in [6.45, 7) is 3.91. The lowest BCUT2D eigenvalue weighted by molar-refractivity contribution is -0.149. The van der Waals surface area contributed by atoms with Gasteiger partial charge >= 0.3 is 5.97 Å². The third kappa shape index (κ3) is 5.20. The first-order chi connectivity index (χ1) is 13.6. The molecule has 1 aliphatic carbocycles. The topological polar surface area (TPSA) is 35.5 Å². The largest absolute Gasteiger partial charge is 0.457 e. The number of hydrogen-bond donors (Lipinski definition) is 0. The standard InChI is InChI=1S/C23H21Cl3O3/c1-4-18(29-21(27)20-17(22(20,2)3)14-23(24,25)26)16-12-8-9-13-19(16)28-15-10-6-5-7-11-15/h1,5-13,17-18,20H,14H2,2-3H3. The maximum atomic E-state index is 12.8. The van der Waals surface area contributed by atoms with Crippen molar-refractivity contribution < 1.29 is 14.3 Å². The third-order valence-corrected chi connectivity index (χ3v) is 5.78. The van der Waals surface area contributed by atoms with Gasteiger partial charge in [-0.1, -0.05) is 91.0 Å². The average Bonchev–Trinajstić information content (AvgIpc) is 3.19. The monoisotopic (exact) mass is 450 g/mol. The summed E-state index contributed by atoms with van der Waals surface area (Å²) >= 11 is 17.8. The van der Waals surface area contributed by atoms with Gasteiger partial charge in [-0.25, -0.2) is 0 Å². The number of ether oxygens (including phenoxy) is 2. The lowest BCUT2D eigenvalue weighted by Gasteiger charge is -2.17. The molecule has 0 radical (unpaired) electrons.